The van der Waals surface area contributed by atoms with Crippen LogP contribution in [-0.4, -0.2) is 37.3 Å². The molecule has 1 aromatic rings. The summed E-state index contributed by atoms with van der Waals surface area (Å²) in [5.74, 6) is -1.18. The van der Waals surface area contributed by atoms with E-state index in [0.29, 0.717) is 23.7 Å². The number of aliphatic carboxylic acids is 1. The van der Waals surface area contributed by atoms with E-state index < -0.39 is 11.5 Å². The number of hydrogen-bond acceptors (Lipinski definition) is 6. The molecule has 1 aromatic carbocycles. The molecule has 0 aliphatic carbocycles. The van der Waals surface area contributed by atoms with Crippen molar-refractivity contribution in [3.8, 4) is 11.8 Å². The predicted octanol–water partition coefficient (Wildman–Crippen LogP) is 1.57. The fourth-order valence-electron chi connectivity index (χ4n) is 1.56. The fourth-order valence-corrected chi connectivity index (χ4v) is 1.56. The first-order valence-corrected chi connectivity index (χ1v) is 6.61. The summed E-state index contributed by atoms with van der Waals surface area (Å²) in [7, 11) is 1.54. The van der Waals surface area contributed by atoms with Crippen LogP contribution in [0.3, 0.4) is 0 Å². The zero-order valence-electron chi connectivity index (χ0n) is 12.8. The SMILES string of the molecule is COCCOc1cc(N/C=C(\C#N)C(=O)O)ccc1NC(C)=O. The number of nitrogens with zero attached hydrogens (tertiary/aromatic N) is 1. The number of amides is 1. The summed E-state index contributed by atoms with van der Waals surface area (Å²) in [6.07, 6.45) is 1.08. The van der Waals surface area contributed by atoms with Crippen molar-refractivity contribution < 1.29 is 24.2 Å². The molecule has 8 heteroatoms. The van der Waals surface area contributed by atoms with Gasteiger partial charge < -0.3 is 25.2 Å². The summed E-state index contributed by atoms with van der Waals surface area (Å²) in [5.41, 5.74) is 0.542. The molecule has 0 saturated heterocycles. The Morgan fingerprint density at radius 2 is 2.13 bits per heavy atom. The highest BCUT2D eigenvalue weighted by Crippen LogP contribution is 2.28. The molecule has 0 atom stereocenters. The highest BCUT2D eigenvalue weighted by Gasteiger charge is 2.08. The van der Waals surface area contributed by atoms with Gasteiger partial charge in [-0.3, -0.25) is 4.79 Å². The van der Waals surface area contributed by atoms with E-state index in [1.165, 1.54) is 14.0 Å². The maximum Gasteiger partial charge on any atom is 0.347 e. The van der Waals surface area contributed by atoms with Gasteiger partial charge in [0, 0.05) is 32.0 Å². The minimum Gasteiger partial charge on any atom is -0.489 e. The van der Waals surface area contributed by atoms with Crippen LogP contribution in [0.15, 0.2) is 30.0 Å². The third-order valence-electron chi connectivity index (χ3n) is 2.57. The zero-order chi connectivity index (χ0) is 17.2. The highest BCUT2D eigenvalue weighted by atomic mass is 16.5. The van der Waals surface area contributed by atoms with Crippen LogP contribution in [0.4, 0.5) is 11.4 Å². The van der Waals surface area contributed by atoms with Gasteiger partial charge in [0.05, 0.1) is 12.3 Å². The number of nitrogens with one attached hydrogen (secondary N) is 2. The van der Waals surface area contributed by atoms with Crippen molar-refractivity contribution in [3.05, 3.63) is 30.0 Å². The van der Waals surface area contributed by atoms with Gasteiger partial charge in [0.15, 0.2) is 5.57 Å². The zero-order valence-corrected chi connectivity index (χ0v) is 12.8. The quantitative estimate of drug-likeness (QED) is 0.378. The second-order valence-corrected chi connectivity index (χ2v) is 4.35. The minimum atomic E-state index is -1.33. The number of hydrogen-bond donors (Lipinski definition) is 3. The number of rotatable bonds is 8. The second-order valence-electron chi connectivity index (χ2n) is 4.35. The van der Waals surface area contributed by atoms with Crippen molar-refractivity contribution in [1.82, 2.24) is 0 Å². The van der Waals surface area contributed by atoms with E-state index in [4.69, 9.17) is 19.8 Å². The Bertz CT molecular complexity index is 649. The average Bonchev–Trinajstić information content (AvgIpc) is 2.49. The lowest BCUT2D eigenvalue weighted by Gasteiger charge is -2.13. The third-order valence-corrected chi connectivity index (χ3v) is 2.57. The Hall–Kier alpha value is -3.05. The van der Waals surface area contributed by atoms with Crippen LogP contribution in [-0.2, 0) is 14.3 Å². The summed E-state index contributed by atoms with van der Waals surface area (Å²) in [5, 5.41) is 22.8. The number of nitriles is 1. The molecule has 0 spiro atoms. The molecule has 0 fully saturated rings. The standard InChI is InChI=1S/C15H17N3O5/c1-10(19)18-13-4-3-12(7-14(13)23-6-5-22-2)17-9-11(8-16)15(20)21/h3-4,7,9,17H,5-6H2,1-2H3,(H,18,19)(H,20,21)/b11-9+. The third kappa shape index (κ3) is 6.07. The maximum atomic E-state index is 11.2. The number of methoxy groups -OCH3 is 1. The van der Waals surface area contributed by atoms with Gasteiger partial charge in [0.25, 0.3) is 0 Å². The fraction of sp³-hybridized carbons (Fsp3) is 0.267. The predicted molar refractivity (Wildman–Crippen MR) is 83.1 cm³/mol. The van der Waals surface area contributed by atoms with Crippen LogP contribution in [0, 0.1) is 11.3 Å². The van der Waals surface area contributed by atoms with Gasteiger partial charge in [0.1, 0.15) is 18.4 Å². The Kier molecular flexibility index (Phi) is 7.10. The highest BCUT2D eigenvalue weighted by molar-refractivity contribution is 5.92. The molecule has 0 aliphatic heterocycles. The summed E-state index contributed by atoms with van der Waals surface area (Å²) < 4.78 is 10.4. The number of carbonyl (C=O) groups excluding carboxylic acids is 1. The number of carboxylic acids is 1. The smallest absolute Gasteiger partial charge is 0.347 e. The lowest BCUT2D eigenvalue weighted by molar-refractivity contribution is -0.132. The van der Waals surface area contributed by atoms with Crippen molar-refractivity contribution in [2.24, 2.45) is 0 Å². The van der Waals surface area contributed by atoms with Crippen molar-refractivity contribution in [2.75, 3.05) is 31.0 Å². The van der Waals surface area contributed by atoms with E-state index in [-0.39, 0.29) is 12.5 Å². The molecule has 3 N–H and O–H groups in total. The van der Waals surface area contributed by atoms with E-state index in [1.807, 2.05) is 0 Å². The van der Waals surface area contributed by atoms with Gasteiger partial charge in [-0.25, -0.2) is 4.79 Å². The first-order chi connectivity index (χ1) is 11.0. The first-order valence-electron chi connectivity index (χ1n) is 6.61. The lowest BCUT2D eigenvalue weighted by Crippen LogP contribution is -2.10. The van der Waals surface area contributed by atoms with Crippen molar-refractivity contribution in [2.45, 2.75) is 6.92 Å². The molecule has 0 aromatic heterocycles. The molecule has 23 heavy (non-hydrogen) atoms. The largest absolute Gasteiger partial charge is 0.489 e. The lowest BCUT2D eigenvalue weighted by atomic mass is 10.2. The normalized spacial score (nSPS) is 10.6. The van der Waals surface area contributed by atoms with Gasteiger partial charge in [0.2, 0.25) is 5.91 Å². The van der Waals surface area contributed by atoms with Gasteiger partial charge >= 0.3 is 5.97 Å². The molecular weight excluding hydrogens is 302 g/mol. The number of ether oxygens (including phenoxy) is 2. The van der Waals surface area contributed by atoms with Crippen molar-refractivity contribution >= 4 is 23.3 Å². The molecule has 0 saturated carbocycles. The van der Waals surface area contributed by atoms with Crippen molar-refractivity contribution in [3.63, 3.8) is 0 Å². The van der Waals surface area contributed by atoms with E-state index in [2.05, 4.69) is 10.6 Å². The molecule has 0 radical (unpaired) electrons. The molecule has 0 heterocycles. The summed E-state index contributed by atoms with van der Waals surface area (Å²) in [6, 6.07) is 6.35. The van der Waals surface area contributed by atoms with Crippen LogP contribution in [0.2, 0.25) is 0 Å². The van der Waals surface area contributed by atoms with E-state index in [9.17, 15) is 9.59 Å². The number of carbonyl (C=O) groups is 2. The summed E-state index contributed by atoms with van der Waals surface area (Å²) >= 11 is 0. The van der Waals surface area contributed by atoms with Crippen molar-refractivity contribution in [1.29, 1.82) is 5.26 Å². The Morgan fingerprint density at radius 3 is 2.70 bits per heavy atom. The monoisotopic (exact) mass is 319 g/mol. The molecule has 1 rings (SSSR count). The van der Waals surface area contributed by atoms with Gasteiger partial charge in [-0.05, 0) is 12.1 Å². The Labute approximate surface area is 133 Å². The van der Waals surface area contributed by atoms with E-state index >= 15 is 0 Å². The van der Waals surface area contributed by atoms with Gasteiger partial charge in [-0.2, -0.15) is 5.26 Å². The molecule has 0 bridgehead atoms. The Balaban J connectivity index is 2.97. The number of anilines is 2. The minimum absolute atomic E-state index is 0.250. The van der Waals surface area contributed by atoms with Gasteiger partial charge in [-0.1, -0.05) is 0 Å². The molecule has 8 nitrogen and oxygen atoms in total. The Morgan fingerprint density at radius 1 is 1.39 bits per heavy atom. The van der Waals surface area contributed by atoms with E-state index in [1.54, 1.807) is 24.3 Å². The first kappa shape index (κ1) is 18.0. The van der Waals surface area contributed by atoms with E-state index in [0.717, 1.165) is 6.20 Å². The summed E-state index contributed by atoms with van der Waals surface area (Å²) in [4.78, 5) is 21.9. The second kappa shape index (κ2) is 9.07. The molecular formula is C15H17N3O5. The van der Waals surface area contributed by atoms with Gasteiger partial charge in [-0.15, -0.1) is 0 Å². The molecule has 0 aliphatic rings. The number of benzene rings is 1. The van der Waals surface area contributed by atoms with Crippen LogP contribution < -0.4 is 15.4 Å². The molecule has 122 valence electrons. The van der Waals surface area contributed by atoms with Crippen LogP contribution >= 0.6 is 0 Å². The molecule has 1 amide bonds. The molecule has 0 unspecified atom stereocenters. The van der Waals surface area contributed by atoms with Crippen LogP contribution in [0.5, 0.6) is 5.75 Å². The number of carboxylic acid groups (broad SMARTS) is 1. The van der Waals surface area contributed by atoms with Crippen LogP contribution in [0.1, 0.15) is 6.92 Å². The van der Waals surface area contributed by atoms with Crippen LogP contribution in [0.25, 0.3) is 0 Å². The maximum absolute atomic E-state index is 11.2. The average molecular weight is 319 g/mol. The topological polar surface area (TPSA) is 121 Å². The summed E-state index contributed by atoms with van der Waals surface area (Å²) in [6.45, 7) is 2.02.